The van der Waals surface area contributed by atoms with E-state index in [1.165, 1.54) is 16.3 Å². The minimum atomic E-state index is -3.50. The second-order valence-electron chi connectivity index (χ2n) is 7.72. The molecule has 0 spiro atoms. The third kappa shape index (κ3) is 7.34. The summed E-state index contributed by atoms with van der Waals surface area (Å²) < 4.78 is 26.8. The molecule has 0 bridgehead atoms. The van der Waals surface area contributed by atoms with Gasteiger partial charge in [-0.3, -0.25) is 13.9 Å². The molecule has 174 valence electrons. The summed E-state index contributed by atoms with van der Waals surface area (Å²) in [6.07, 6.45) is 1.60. The number of likely N-dealkylation sites (N-methyl/N-ethyl adjacent to an activating group) is 1. The van der Waals surface area contributed by atoms with Crippen LogP contribution in [0.3, 0.4) is 0 Å². The molecule has 2 rings (SSSR count). The van der Waals surface area contributed by atoms with E-state index in [1.807, 2.05) is 43.3 Å². The number of anilines is 1. The molecule has 1 atom stereocenters. The van der Waals surface area contributed by atoms with Crippen molar-refractivity contribution in [2.75, 3.05) is 24.2 Å². The Kier molecular flexibility index (Phi) is 9.27. The van der Waals surface area contributed by atoms with Gasteiger partial charge in [-0.2, -0.15) is 0 Å². The van der Waals surface area contributed by atoms with Gasteiger partial charge in [-0.1, -0.05) is 45.8 Å². The highest BCUT2D eigenvalue weighted by Gasteiger charge is 2.26. The Bertz CT molecular complexity index is 1040. The molecular weight excluding hydrogens is 494 g/mol. The van der Waals surface area contributed by atoms with E-state index in [1.54, 1.807) is 19.1 Å². The molecule has 7 nitrogen and oxygen atoms in total. The Morgan fingerprint density at radius 1 is 1.12 bits per heavy atom. The quantitative estimate of drug-likeness (QED) is 0.516. The Balaban J connectivity index is 2.13. The van der Waals surface area contributed by atoms with Crippen molar-refractivity contribution in [2.45, 2.75) is 39.3 Å². The fourth-order valence-corrected chi connectivity index (χ4v) is 4.75. The van der Waals surface area contributed by atoms with Gasteiger partial charge in [0.1, 0.15) is 6.04 Å². The summed E-state index contributed by atoms with van der Waals surface area (Å²) in [5, 5.41) is 2.59. The standard InChI is InChI=1S/C23H30BrN3O4S/c1-17-10-12-21(13-11-17)27(32(4,30)31)14-6-9-22(28)26(18(2)23(29)25-3)16-19-7-5-8-20(24)15-19/h5,7-8,10-13,15,18H,6,9,14,16H2,1-4H3,(H,25,29). The van der Waals surface area contributed by atoms with Gasteiger partial charge in [-0.15, -0.1) is 0 Å². The SMILES string of the molecule is CNC(=O)C(C)N(Cc1cccc(Br)c1)C(=O)CCCN(c1ccc(C)cc1)S(C)(=O)=O. The number of amides is 2. The fourth-order valence-electron chi connectivity index (χ4n) is 3.34. The molecular formula is C23H30BrN3O4S. The molecule has 2 aromatic carbocycles. The normalized spacial score (nSPS) is 12.2. The van der Waals surface area contributed by atoms with Crippen molar-refractivity contribution in [2.24, 2.45) is 0 Å². The zero-order valence-electron chi connectivity index (χ0n) is 18.8. The molecule has 2 aromatic rings. The molecule has 0 aromatic heterocycles. The molecule has 0 aliphatic heterocycles. The average molecular weight is 524 g/mol. The summed E-state index contributed by atoms with van der Waals surface area (Å²) >= 11 is 3.43. The van der Waals surface area contributed by atoms with Gasteiger partial charge in [-0.05, 0) is 50.1 Å². The Hall–Kier alpha value is -2.39. The molecule has 0 aliphatic rings. The third-order valence-electron chi connectivity index (χ3n) is 5.13. The van der Waals surface area contributed by atoms with E-state index in [0.717, 1.165) is 21.9 Å². The van der Waals surface area contributed by atoms with Crippen LogP contribution in [0.2, 0.25) is 0 Å². The van der Waals surface area contributed by atoms with E-state index in [2.05, 4.69) is 21.2 Å². The van der Waals surface area contributed by atoms with E-state index in [-0.39, 0.29) is 31.3 Å². The van der Waals surface area contributed by atoms with Gasteiger partial charge in [0.25, 0.3) is 0 Å². The highest BCUT2D eigenvalue weighted by molar-refractivity contribution is 9.10. The van der Waals surface area contributed by atoms with Crippen LogP contribution >= 0.6 is 15.9 Å². The first-order valence-electron chi connectivity index (χ1n) is 10.3. The van der Waals surface area contributed by atoms with Gasteiger partial charge >= 0.3 is 0 Å². The highest BCUT2D eigenvalue weighted by atomic mass is 79.9. The number of sulfonamides is 1. The number of hydrogen-bond donors (Lipinski definition) is 1. The predicted octanol–water partition coefficient (Wildman–Crippen LogP) is 3.47. The zero-order valence-corrected chi connectivity index (χ0v) is 21.2. The molecule has 1 unspecified atom stereocenters. The molecule has 0 saturated heterocycles. The Morgan fingerprint density at radius 3 is 2.34 bits per heavy atom. The van der Waals surface area contributed by atoms with Crippen LogP contribution in [-0.4, -0.2) is 51.0 Å². The van der Waals surface area contributed by atoms with Gasteiger partial charge < -0.3 is 10.2 Å². The van der Waals surface area contributed by atoms with E-state index >= 15 is 0 Å². The number of hydrogen-bond acceptors (Lipinski definition) is 4. The fraction of sp³-hybridized carbons (Fsp3) is 0.391. The van der Waals surface area contributed by atoms with Crippen molar-refractivity contribution in [3.63, 3.8) is 0 Å². The lowest BCUT2D eigenvalue weighted by Crippen LogP contribution is -2.46. The van der Waals surface area contributed by atoms with Crippen molar-refractivity contribution >= 4 is 43.5 Å². The number of halogens is 1. The van der Waals surface area contributed by atoms with Crippen LogP contribution in [0.1, 0.15) is 30.9 Å². The number of nitrogens with zero attached hydrogens (tertiary/aromatic N) is 2. The van der Waals surface area contributed by atoms with E-state index in [4.69, 9.17) is 0 Å². The topological polar surface area (TPSA) is 86.8 Å². The third-order valence-corrected chi connectivity index (χ3v) is 6.82. The largest absolute Gasteiger partial charge is 0.357 e. The number of nitrogens with one attached hydrogen (secondary N) is 1. The molecule has 0 fully saturated rings. The molecule has 1 N–H and O–H groups in total. The number of rotatable bonds is 10. The maximum Gasteiger partial charge on any atom is 0.242 e. The van der Waals surface area contributed by atoms with Gasteiger partial charge in [-0.25, -0.2) is 8.42 Å². The second kappa shape index (κ2) is 11.5. The van der Waals surface area contributed by atoms with Crippen molar-refractivity contribution in [3.05, 3.63) is 64.1 Å². The molecule has 0 heterocycles. The van der Waals surface area contributed by atoms with Crippen LogP contribution < -0.4 is 9.62 Å². The average Bonchev–Trinajstić information content (AvgIpc) is 2.74. The maximum atomic E-state index is 13.1. The van der Waals surface area contributed by atoms with Crippen molar-refractivity contribution in [1.29, 1.82) is 0 Å². The predicted molar refractivity (Wildman–Crippen MR) is 131 cm³/mol. The summed E-state index contributed by atoms with van der Waals surface area (Å²) in [6.45, 7) is 4.07. The van der Waals surface area contributed by atoms with Gasteiger partial charge in [0.2, 0.25) is 21.8 Å². The first-order valence-corrected chi connectivity index (χ1v) is 13.0. The van der Waals surface area contributed by atoms with Gasteiger partial charge in [0, 0.05) is 31.0 Å². The Morgan fingerprint density at radius 2 is 1.78 bits per heavy atom. The number of carbonyl (C=O) groups is 2. The van der Waals surface area contributed by atoms with E-state index in [9.17, 15) is 18.0 Å². The molecule has 2 amide bonds. The van der Waals surface area contributed by atoms with Crippen LogP contribution in [0.15, 0.2) is 53.0 Å². The number of benzene rings is 2. The highest BCUT2D eigenvalue weighted by Crippen LogP contribution is 2.20. The molecule has 9 heteroatoms. The summed E-state index contributed by atoms with van der Waals surface area (Å²) in [7, 11) is -1.96. The van der Waals surface area contributed by atoms with Gasteiger partial charge in [0.15, 0.2) is 0 Å². The summed E-state index contributed by atoms with van der Waals surface area (Å²) in [6, 6.07) is 14.1. The van der Waals surface area contributed by atoms with Crippen molar-refractivity contribution in [3.8, 4) is 0 Å². The van der Waals surface area contributed by atoms with Gasteiger partial charge in [0.05, 0.1) is 11.9 Å². The summed E-state index contributed by atoms with van der Waals surface area (Å²) in [4.78, 5) is 26.8. The van der Waals surface area contributed by atoms with Crippen LogP contribution in [0, 0.1) is 6.92 Å². The number of carbonyl (C=O) groups excluding carboxylic acids is 2. The lowest BCUT2D eigenvalue weighted by atomic mass is 10.1. The lowest BCUT2D eigenvalue weighted by Gasteiger charge is -2.29. The van der Waals surface area contributed by atoms with Crippen LogP contribution in [0.5, 0.6) is 0 Å². The van der Waals surface area contributed by atoms with Crippen LogP contribution in [-0.2, 0) is 26.2 Å². The minimum Gasteiger partial charge on any atom is -0.357 e. The first kappa shape index (κ1) is 25.9. The minimum absolute atomic E-state index is 0.118. The summed E-state index contributed by atoms with van der Waals surface area (Å²) in [5.74, 6) is -0.468. The van der Waals surface area contributed by atoms with Crippen LogP contribution in [0.4, 0.5) is 5.69 Å². The van der Waals surface area contributed by atoms with E-state index in [0.29, 0.717) is 12.1 Å². The van der Waals surface area contributed by atoms with Crippen molar-refractivity contribution < 1.29 is 18.0 Å². The Labute approximate surface area is 199 Å². The molecule has 0 radical (unpaired) electrons. The molecule has 0 saturated carbocycles. The zero-order chi connectivity index (χ0) is 23.9. The lowest BCUT2D eigenvalue weighted by molar-refractivity contribution is -0.140. The first-order chi connectivity index (χ1) is 15.0. The van der Waals surface area contributed by atoms with E-state index < -0.39 is 16.1 Å². The smallest absolute Gasteiger partial charge is 0.242 e. The molecule has 32 heavy (non-hydrogen) atoms. The monoisotopic (exact) mass is 523 g/mol. The van der Waals surface area contributed by atoms with Crippen LogP contribution in [0.25, 0.3) is 0 Å². The molecule has 0 aliphatic carbocycles. The van der Waals surface area contributed by atoms with Crippen molar-refractivity contribution in [1.82, 2.24) is 10.2 Å². The second-order valence-corrected chi connectivity index (χ2v) is 10.5. The summed E-state index contributed by atoms with van der Waals surface area (Å²) in [5.41, 5.74) is 2.49. The number of aryl methyl sites for hydroxylation is 1. The maximum absolute atomic E-state index is 13.1.